The number of anilines is 1. The maximum absolute atomic E-state index is 12.9. The van der Waals surface area contributed by atoms with Crippen LogP contribution < -0.4 is 4.90 Å². The Balaban J connectivity index is 1.49. The zero-order valence-corrected chi connectivity index (χ0v) is 15.7. The first-order chi connectivity index (χ1) is 13.5. The van der Waals surface area contributed by atoms with Crippen LogP contribution in [0.1, 0.15) is 22.8 Å². The zero-order chi connectivity index (χ0) is 19.7. The van der Waals surface area contributed by atoms with E-state index in [1.807, 2.05) is 38.1 Å². The number of aryl methyl sites for hydroxylation is 1. The summed E-state index contributed by atoms with van der Waals surface area (Å²) in [6.45, 7) is 4.50. The maximum atomic E-state index is 12.9. The van der Waals surface area contributed by atoms with E-state index in [4.69, 9.17) is 0 Å². The largest absolute Gasteiger partial charge is 0.325 e. The topological polar surface area (TPSA) is 84.2 Å². The molecule has 0 saturated carbocycles. The van der Waals surface area contributed by atoms with E-state index < -0.39 is 0 Å². The number of carbonyl (C=O) groups excluding carboxylic acids is 2. The Hall–Kier alpha value is -3.55. The summed E-state index contributed by atoms with van der Waals surface area (Å²) in [4.78, 5) is 29.0. The van der Waals surface area contributed by atoms with Gasteiger partial charge in [0.1, 0.15) is 12.9 Å². The molecule has 28 heavy (non-hydrogen) atoms. The Kier molecular flexibility index (Phi) is 4.60. The van der Waals surface area contributed by atoms with E-state index in [9.17, 15) is 9.59 Å². The molecule has 1 aromatic heterocycles. The van der Waals surface area contributed by atoms with Crippen LogP contribution in [0.4, 0.5) is 5.69 Å². The fraction of sp³-hybridized carbons (Fsp3) is 0.250. The number of hydrogen-bond donors (Lipinski definition) is 0. The SMILES string of the molecule is Cc1ccc(N2C[C@H](C)N(C(=O)c3ccc(-n4cnnn4)cc3)CC2=O)cc1. The number of piperazine rings is 1. The van der Waals surface area contributed by atoms with Crippen LogP contribution in [0.3, 0.4) is 0 Å². The molecule has 0 bridgehead atoms. The van der Waals surface area contributed by atoms with E-state index in [0.29, 0.717) is 12.1 Å². The Morgan fingerprint density at radius 3 is 2.36 bits per heavy atom. The van der Waals surface area contributed by atoms with Gasteiger partial charge in [-0.25, -0.2) is 4.68 Å². The highest BCUT2D eigenvalue weighted by molar-refractivity contribution is 6.02. The third-order valence-electron chi connectivity index (χ3n) is 4.92. The molecule has 1 atom stereocenters. The molecule has 3 aromatic rings. The highest BCUT2D eigenvalue weighted by Gasteiger charge is 2.33. The predicted molar refractivity (Wildman–Crippen MR) is 103 cm³/mol. The number of hydrogen-bond acceptors (Lipinski definition) is 5. The first-order valence-electron chi connectivity index (χ1n) is 9.04. The van der Waals surface area contributed by atoms with Crippen molar-refractivity contribution < 1.29 is 9.59 Å². The van der Waals surface area contributed by atoms with Crippen molar-refractivity contribution in [1.82, 2.24) is 25.1 Å². The summed E-state index contributed by atoms with van der Waals surface area (Å²) in [5.74, 6) is -0.242. The molecule has 142 valence electrons. The molecule has 8 heteroatoms. The number of tetrazole rings is 1. The van der Waals surface area contributed by atoms with Gasteiger partial charge in [0.05, 0.1) is 5.69 Å². The molecule has 1 aliphatic rings. The Morgan fingerprint density at radius 2 is 1.71 bits per heavy atom. The summed E-state index contributed by atoms with van der Waals surface area (Å²) >= 11 is 0. The van der Waals surface area contributed by atoms with Gasteiger partial charge in [0.25, 0.3) is 5.91 Å². The number of benzene rings is 2. The lowest BCUT2D eigenvalue weighted by molar-refractivity contribution is -0.121. The predicted octanol–water partition coefficient (Wildman–Crippen LogP) is 1.85. The van der Waals surface area contributed by atoms with Gasteiger partial charge >= 0.3 is 0 Å². The first kappa shape index (κ1) is 17.8. The summed E-state index contributed by atoms with van der Waals surface area (Å²) < 4.78 is 1.51. The van der Waals surface area contributed by atoms with Crippen molar-refractivity contribution in [1.29, 1.82) is 0 Å². The van der Waals surface area contributed by atoms with E-state index in [0.717, 1.165) is 16.9 Å². The second-order valence-electron chi connectivity index (χ2n) is 6.92. The highest BCUT2D eigenvalue weighted by atomic mass is 16.2. The Labute approximate surface area is 162 Å². The highest BCUT2D eigenvalue weighted by Crippen LogP contribution is 2.22. The van der Waals surface area contributed by atoms with Crippen LogP contribution in [-0.4, -0.2) is 56.1 Å². The smallest absolute Gasteiger partial charge is 0.254 e. The Morgan fingerprint density at radius 1 is 1.04 bits per heavy atom. The molecule has 4 rings (SSSR count). The van der Waals surface area contributed by atoms with Crippen LogP contribution in [0.15, 0.2) is 54.9 Å². The lowest BCUT2D eigenvalue weighted by Crippen LogP contribution is -2.57. The normalized spacial score (nSPS) is 17.1. The molecule has 2 heterocycles. The standard InChI is InChI=1S/C20H20N6O2/c1-14-3-7-17(8-4-14)25-11-15(2)24(12-19(25)27)20(28)16-5-9-18(10-6-16)26-13-21-22-23-26/h3-10,13,15H,11-12H2,1-2H3/t15-/m0/s1. The van der Waals surface area contributed by atoms with Crippen LogP contribution in [0.2, 0.25) is 0 Å². The summed E-state index contributed by atoms with van der Waals surface area (Å²) in [5.41, 5.74) is 3.29. The van der Waals surface area contributed by atoms with Gasteiger partial charge in [-0.1, -0.05) is 17.7 Å². The lowest BCUT2D eigenvalue weighted by Gasteiger charge is -2.39. The maximum Gasteiger partial charge on any atom is 0.254 e. The van der Waals surface area contributed by atoms with Crippen molar-refractivity contribution in [3.63, 3.8) is 0 Å². The Bertz CT molecular complexity index is 983. The van der Waals surface area contributed by atoms with Crippen molar-refractivity contribution in [3.05, 3.63) is 66.0 Å². The summed E-state index contributed by atoms with van der Waals surface area (Å²) in [6, 6.07) is 14.8. The lowest BCUT2D eigenvalue weighted by atomic mass is 10.1. The van der Waals surface area contributed by atoms with Gasteiger partial charge in [-0.05, 0) is 60.7 Å². The van der Waals surface area contributed by atoms with Crippen molar-refractivity contribution in [2.45, 2.75) is 19.9 Å². The van der Waals surface area contributed by atoms with E-state index in [1.165, 1.54) is 11.0 Å². The molecule has 2 amide bonds. The first-order valence-corrected chi connectivity index (χ1v) is 9.04. The molecular formula is C20H20N6O2. The minimum atomic E-state index is -0.160. The molecule has 1 fully saturated rings. The minimum Gasteiger partial charge on any atom is -0.325 e. The fourth-order valence-electron chi connectivity index (χ4n) is 3.30. The van der Waals surface area contributed by atoms with Gasteiger partial charge in [-0.2, -0.15) is 0 Å². The van der Waals surface area contributed by atoms with E-state index in [-0.39, 0.29) is 24.4 Å². The monoisotopic (exact) mass is 376 g/mol. The molecule has 0 spiro atoms. The molecule has 0 N–H and O–H groups in total. The molecule has 0 unspecified atom stereocenters. The molecule has 0 radical (unpaired) electrons. The van der Waals surface area contributed by atoms with Crippen LogP contribution in [0, 0.1) is 6.92 Å². The van der Waals surface area contributed by atoms with Crippen molar-refractivity contribution in [2.75, 3.05) is 18.0 Å². The average Bonchev–Trinajstić information content (AvgIpc) is 3.25. The number of nitrogens with zero attached hydrogens (tertiary/aromatic N) is 6. The van der Waals surface area contributed by atoms with Gasteiger partial charge in [-0.3, -0.25) is 9.59 Å². The van der Waals surface area contributed by atoms with Crippen molar-refractivity contribution >= 4 is 17.5 Å². The summed E-state index contributed by atoms with van der Waals surface area (Å²) in [5, 5.41) is 11.0. The average molecular weight is 376 g/mol. The molecule has 0 aliphatic carbocycles. The molecule has 1 aliphatic heterocycles. The molecule has 8 nitrogen and oxygen atoms in total. The number of aromatic nitrogens is 4. The number of amides is 2. The number of rotatable bonds is 3. The van der Waals surface area contributed by atoms with E-state index >= 15 is 0 Å². The fourth-order valence-corrected chi connectivity index (χ4v) is 3.30. The van der Waals surface area contributed by atoms with Crippen LogP contribution >= 0.6 is 0 Å². The van der Waals surface area contributed by atoms with E-state index in [2.05, 4.69) is 15.5 Å². The van der Waals surface area contributed by atoms with Crippen LogP contribution in [-0.2, 0) is 4.79 Å². The molecular weight excluding hydrogens is 356 g/mol. The number of carbonyl (C=O) groups is 2. The summed E-state index contributed by atoms with van der Waals surface area (Å²) in [7, 11) is 0. The van der Waals surface area contributed by atoms with Gasteiger partial charge in [0, 0.05) is 23.8 Å². The van der Waals surface area contributed by atoms with Crippen molar-refractivity contribution in [3.8, 4) is 5.69 Å². The third-order valence-corrected chi connectivity index (χ3v) is 4.92. The van der Waals surface area contributed by atoms with Gasteiger partial charge in [-0.15, -0.1) is 5.10 Å². The van der Waals surface area contributed by atoms with E-state index in [1.54, 1.807) is 34.1 Å². The second-order valence-corrected chi connectivity index (χ2v) is 6.92. The quantitative estimate of drug-likeness (QED) is 0.697. The van der Waals surface area contributed by atoms with Crippen LogP contribution in [0.25, 0.3) is 5.69 Å². The van der Waals surface area contributed by atoms with Gasteiger partial charge in [0.2, 0.25) is 5.91 Å². The molecule has 1 saturated heterocycles. The van der Waals surface area contributed by atoms with Crippen LogP contribution in [0.5, 0.6) is 0 Å². The third kappa shape index (κ3) is 3.36. The van der Waals surface area contributed by atoms with Crippen molar-refractivity contribution in [2.24, 2.45) is 0 Å². The van der Waals surface area contributed by atoms with Gasteiger partial charge in [0.15, 0.2) is 0 Å². The summed E-state index contributed by atoms with van der Waals surface area (Å²) in [6.07, 6.45) is 1.49. The zero-order valence-electron chi connectivity index (χ0n) is 15.7. The van der Waals surface area contributed by atoms with Gasteiger partial charge < -0.3 is 9.80 Å². The minimum absolute atomic E-state index is 0.0582. The molecule has 2 aromatic carbocycles. The second kappa shape index (κ2) is 7.22.